The van der Waals surface area contributed by atoms with Gasteiger partial charge in [0.05, 0.1) is 0 Å². The predicted octanol–water partition coefficient (Wildman–Crippen LogP) is 2.78. The van der Waals surface area contributed by atoms with Gasteiger partial charge in [0, 0.05) is 11.4 Å². The number of nitrogens with one attached hydrogen (secondary N) is 1. The summed E-state index contributed by atoms with van der Waals surface area (Å²) in [5, 5.41) is 2.68. The van der Waals surface area contributed by atoms with Crippen LogP contribution in [0.25, 0.3) is 0 Å². The summed E-state index contributed by atoms with van der Waals surface area (Å²) < 4.78 is 0. The van der Waals surface area contributed by atoms with Crippen LogP contribution >= 0.6 is 12.2 Å². The number of nitrogens with two attached hydrogens (primary N) is 1. The van der Waals surface area contributed by atoms with Crippen molar-refractivity contribution in [1.82, 2.24) is 5.32 Å². The number of anilines is 2. The van der Waals surface area contributed by atoms with E-state index < -0.39 is 6.03 Å². The van der Waals surface area contributed by atoms with Crippen molar-refractivity contribution < 1.29 is 4.79 Å². The van der Waals surface area contributed by atoms with Crippen LogP contribution in [0.2, 0.25) is 0 Å². The van der Waals surface area contributed by atoms with E-state index in [1.807, 2.05) is 60.7 Å². The van der Waals surface area contributed by atoms with E-state index in [0.717, 1.165) is 11.4 Å². The van der Waals surface area contributed by atoms with Gasteiger partial charge in [-0.1, -0.05) is 36.4 Å². The molecule has 0 aromatic heterocycles. The summed E-state index contributed by atoms with van der Waals surface area (Å²) in [7, 11) is 0. The Morgan fingerprint density at radius 2 is 1.37 bits per heavy atom. The van der Waals surface area contributed by atoms with Crippen molar-refractivity contribution in [3.63, 3.8) is 0 Å². The summed E-state index contributed by atoms with van der Waals surface area (Å²) in [6.45, 7) is 0. The lowest BCUT2D eigenvalue weighted by atomic mass is 10.2. The first-order valence-corrected chi connectivity index (χ1v) is 6.10. The van der Waals surface area contributed by atoms with Crippen molar-refractivity contribution in [2.75, 3.05) is 4.90 Å². The number of nitrogens with zero attached hydrogens (tertiary/aromatic N) is 1. The number of amides is 2. The Morgan fingerprint density at radius 3 is 1.74 bits per heavy atom. The fourth-order valence-corrected chi connectivity index (χ4v) is 2.01. The summed E-state index contributed by atoms with van der Waals surface area (Å²) in [5.41, 5.74) is 6.83. The average molecular weight is 271 g/mol. The molecule has 0 saturated heterocycles. The van der Waals surface area contributed by atoms with Gasteiger partial charge in [0.25, 0.3) is 0 Å². The van der Waals surface area contributed by atoms with Crippen molar-refractivity contribution in [3.05, 3.63) is 60.7 Å². The van der Waals surface area contributed by atoms with E-state index in [1.54, 1.807) is 4.90 Å². The molecule has 0 aliphatic heterocycles. The monoisotopic (exact) mass is 271 g/mol. The van der Waals surface area contributed by atoms with Gasteiger partial charge in [-0.2, -0.15) is 0 Å². The topological polar surface area (TPSA) is 58.4 Å². The Kier molecular flexibility index (Phi) is 4.10. The fourth-order valence-electron chi connectivity index (χ4n) is 1.70. The van der Waals surface area contributed by atoms with Gasteiger partial charge in [0.1, 0.15) is 0 Å². The molecule has 0 aliphatic carbocycles. The van der Waals surface area contributed by atoms with Crippen LogP contribution in [0.15, 0.2) is 60.7 Å². The van der Waals surface area contributed by atoms with Crippen LogP contribution in [-0.4, -0.2) is 11.1 Å². The zero-order chi connectivity index (χ0) is 13.7. The summed E-state index contributed by atoms with van der Waals surface area (Å²) >= 11 is 5.23. The third-order valence-corrected chi connectivity index (χ3v) is 2.75. The zero-order valence-corrected chi connectivity index (χ0v) is 10.9. The van der Waals surface area contributed by atoms with Gasteiger partial charge in [0.15, 0.2) is 5.11 Å². The molecule has 0 spiro atoms. The molecule has 0 heterocycles. The minimum absolute atomic E-state index is 0.241. The van der Waals surface area contributed by atoms with E-state index in [1.165, 1.54) is 0 Å². The second-order valence-electron chi connectivity index (χ2n) is 3.80. The van der Waals surface area contributed by atoms with Gasteiger partial charge >= 0.3 is 6.03 Å². The summed E-state index contributed by atoms with van der Waals surface area (Å²) in [4.78, 5) is 12.7. The van der Waals surface area contributed by atoms with Crippen molar-refractivity contribution in [1.29, 1.82) is 0 Å². The maximum Gasteiger partial charge on any atom is 0.318 e. The third kappa shape index (κ3) is 3.29. The van der Waals surface area contributed by atoms with Gasteiger partial charge in [0.2, 0.25) is 0 Å². The van der Waals surface area contributed by atoms with E-state index in [4.69, 9.17) is 18.0 Å². The normalized spacial score (nSPS) is 9.68. The Bertz CT molecular complexity index is 532. The van der Waals surface area contributed by atoms with Crippen molar-refractivity contribution in [2.24, 2.45) is 5.73 Å². The SMILES string of the molecule is NC(=O)NC(=S)N(c1ccccc1)c1ccccc1. The van der Waals surface area contributed by atoms with Crippen molar-refractivity contribution in [3.8, 4) is 0 Å². The standard InChI is InChI=1S/C14H13N3OS/c15-13(18)16-14(19)17(11-7-3-1-4-8-11)12-9-5-2-6-10-12/h1-10H,(H3,15,16,18,19). The van der Waals surface area contributed by atoms with Gasteiger partial charge in [-0.3, -0.25) is 10.2 Å². The molecule has 96 valence electrons. The van der Waals surface area contributed by atoms with Gasteiger partial charge < -0.3 is 5.73 Å². The lowest BCUT2D eigenvalue weighted by Crippen LogP contribution is -2.42. The highest BCUT2D eigenvalue weighted by Gasteiger charge is 2.15. The van der Waals surface area contributed by atoms with Crippen LogP contribution in [0.4, 0.5) is 16.2 Å². The Hall–Kier alpha value is -2.40. The maximum atomic E-state index is 11.0. The smallest absolute Gasteiger partial charge is 0.318 e. The average Bonchev–Trinajstić information content (AvgIpc) is 2.40. The number of carbonyl (C=O) groups is 1. The lowest BCUT2D eigenvalue weighted by molar-refractivity contribution is 0.253. The highest BCUT2D eigenvalue weighted by molar-refractivity contribution is 7.80. The Balaban J connectivity index is 2.40. The quantitative estimate of drug-likeness (QED) is 0.826. The van der Waals surface area contributed by atoms with Crippen molar-refractivity contribution >= 4 is 34.7 Å². The predicted molar refractivity (Wildman–Crippen MR) is 80.3 cm³/mol. The van der Waals surface area contributed by atoms with E-state index in [0.29, 0.717) is 0 Å². The molecule has 2 rings (SSSR count). The molecule has 4 nitrogen and oxygen atoms in total. The van der Waals surface area contributed by atoms with E-state index in [9.17, 15) is 4.79 Å². The molecule has 2 aromatic rings. The lowest BCUT2D eigenvalue weighted by Gasteiger charge is -2.25. The molecule has 0 atom stereocenters. The molecular weight excluding hydrogens is 258 g/mol. The highest BCUT2D eigenvalue weighted by atomic mass is 32.1. The number of carbonyl (C=O) groups excluding carboxylic acids is 1. The molecule has 0 radical (unpaired) electrons. The van der Waals surface area contributed by atoms with Gasteiger partial charge in [-0.05, 0) is 36.5 Å². The molecule has 0 fully saturated rings. The van der Waals surface area contributed by atoms with Crippen molar-refractivity contribution in [2.45, 2.75) is 0 Å². The molecule has 0 unspecified atom stereocenters. The second-order valence-corrected chi connectivity index (χ2v) is 4.19. The molecule has 3 N–H and O–H groups in total. The highest BCUT2D eigenvalue weighted by Crippen LogP contribution is 2.24. The number of urea groups is 1. The van der Waals surface area contributed by atoms with Crippen LogP contribution in [0, 0.1) is 0 Å². The second kappa shape index (κ2) is 5.97. The largest absolute Gasteiger partial charge is 0.351 e. The molecule has 0 bridgehead atoms. The number of para-hydroxylation sites is 2. The molecule has 2 amide bonds. The first-order valence-electron chi connectivity index (χ1n) is 5.69. The first-order chi connectivity index (χ1) is 9.18. The number of hydrogen-bond donors (Lipinski definition) is 2. The van der Waals surface area contributed by atoms with E-state index in [2.05, 4.69) is 5.32 Å². The van der Waals surface area contributed by atoms with Crippen LogP contribution in [0.5, 0.6) is 0 Å². The first kappa shape index (κ1) is 13.0. The molecule has 2 aromatic carbocycles. The van der Waals surface area contributed by atoms with E-state index >= 15 is 0 Å². The molecule has 19 heavy (non-hydrogen) atoms. The van der Waals surface area contributed by atoms with Crippen LogP contribution in [-0.2, 0) is 0 Å². The minimum atomic E-state index is -0.679. The fraction of sp³-hybridized carbons (Fsp3) is 0. The summed E-state index contributed by atoms with van der Waals surface area (Å²) in [5.74, 6) is 0. The van der Waals surface area contributed by atoms with Crippen LogP contribution in [0.1, 0.15) is 0 Å². The van der Waals surface area contributed by atoms with E-state index in [-0.39, 0.29) is 5.11 Å². The van der Waals surface area contributed by atoms with Crippen LogP contribution < -0.4 is 16.0 Å². The number of thiocarbonyl (C=S) groups is 1. The third-order valence-electron chi connectivity index (χ3n) is 2.46. The Labute approximate surface area is 116 Å². The maximum absolute atomic E-state index is 11.0. The molecule has 5 heteroatoms. The molecule has 0 saturated carbocycles. The number of primary amides is 1. The van der Waals surface area contributed by atoms with Crippen LogP contribution in [0.3, 0.4) is 0 Å². The number of hydrogen-bond acceptors (Lipinski definition) is 2. The van der Waals surface area contributed by atoms with Gasteiger partial charge in [-0.25, -0.2) is 4.79 Å². The number of rotatable bonds is 2. The molecular formula is C14H13N3OS. The molecule has 0 aliphatic rings. The zero-order valence-electron chi connectivity index (χ0n) is 10.1. The summed E-state index contributed by atoms with van der Waals surface area (Å²) in [6.07, 6.45) is 0. The number of benzene rings is 2. The van der Waals surface area contributed by atoms with Gasteiger partial charge in [-0.15, -0.1) is 0 Å². The Morgan fingerprint density at radius 1 is 0.947 bits per heavy atom. The minimum Gasteiger partial charge on any atom is -0.351 e. The summed E-state index contributed by atoms with van der Waals surface area (Å²) in [6, 6.07) is 18.4.